The van der Waals surface area contributed by atoms with Crippen molar-refractivity contribution in [2.24, 2.45) is 5.92 Å². The van der Waals surface area contributed by atoms with E-state index in [-0.39, 0.29) is 0 Å². The van der Waals surface area contributed by atoms with Crippen molar-refractivity contribution in [2.75, 3.05) is 13.2 Å². The van der Waals surface area contributed by atoms with E-state index in [9.17, 15) is 0 Å². The third-order valence-electron chi connectivity index (χ3n) is 1.65. The van der Waals surface area contributed by atoms with Crippen LogP contribution >= 0.6 is 0 Å². The third kappa shape index (κ3) is 7.82. The van der Waals surface area contributed by atoms with Gasteiger partial charge in [0.05, 0.1) is 0 Å². The minimum absolute atomic E-state index is 0.293. The highest BCUT2D eigenvalue weighted by Crippen LogP contribution is 2.03. The van der Waals surface area contributed by atoms with Crippen LogP contribution in [-0.4, -0.2) is 24.3 Å². The Hall–Kier alpha value is -0.0800. The molecule has 0 aliphatic heterocycles. The Balaban J connectivity index is 3.15. The fraction of sp³-hybridized carbons (Fsp3) is 1.00. The van der Waals surface area contributed by atoms with Gasteiger partial charge in [-0.3, -0.25) is 0 Å². The first kappa shape index (κ1) is 10.9. The van der Waals surface area contributed by atoms with Gasteiger partial charge in [-0.2, -0.15) is 0 Å². The summed E-state index contributed by atoms with van der Waals surface area (Å²) in [5, 5.41) is 11.9. The lowest BCUT2D eigenvalue weighted by atomic mass is 10.1. The van der Waals surface area contributed by atoms with Crippen LogP contribution in [0.25, 0.3) is 0 Å². The van der Waals surface area contributed by atoms with Crippen LogP contribution in [0.15, 0.2) is 0 Å². The molecule has 11 heavy (non-hydrogen) atoms. The lowest BCUT2D eigenvalue weighted by Crippen LogP contribution is -2.28. The molecule has 0 fully saturated rings. The Morgan fingerprint density at radius 3 is 2.36 bits per heavy atom. The molecule has 0 aromatic rings. The second-order valence-corrected chi connectivity index (χ2v) is 3.56. The molecule has 1 atom stereocenters. The normalized spacial score (nSPS) is 13.9. The standard InChI is InChI=1S/C9H21NO/c1-8(2)7-9(3)10-5-4-6-11/h8-11H,4-7H2,1-3H3. The second-order valence-electron chi connectivity index (χ2n) is 3.56. The van der Waals surface area contributed by atoms with Gasteiger partial charge in [-0.05, 0) is 32.2 Å². The Kier molecular flexibility index (Phi) is 6.57. The van der Waals surface area contributed by atoms with Gasteiger partial charge in [-0.15, -0.1) is 0 Å². The monoisotopic (exact) mass is 159 g/mol. The van der Waals surface area contributed by atoms with Crippen LogP contribution < -0.4 is 5.32 Å². The van der Waals surface area contributed by atoms with Crippen molar-refractivity contribution in [3.63, 3.8) is 0 Å². The van der Waals surface area contributed by atoms with Gasteiger partial charge in [0.25, 0.3) is 0 Å². The molecule has 2 N–H and O–H groups in total. The molecular formula is C9H21NO. The number of rotatable bonds is 6. The lowest BCUT2D eigenvalue weighted by molar-refractivity contribution is 0.282. The van der Waals surface area contributed by atoms with Crippen molar-refractivity contribution < 1.29 is 5.11 Å². The van der Waals surface area contributed by atoms with Crippen molar-refractivity contribution in [2.45, 2.75) is 39.7 Å². The van der Waals surface area contributed by atoms with Crippen LogP contribution in [0.5, 0.6) is 0 Å². The van der Waals surface area contributed by atoms with E-state index in [2.05, 4.69) is 26.1 Å². The predicted octanol–water partition coefficient (Wildman–Crippen LogP) is 1.39. The molecule has 0 aliphatic rings. The number of aliphatic hydroxyl groups excluding tert-OH is 1. The fourth-order valence-electron chi connectivity index (χ4n) is 1.22. The highest BCUT2D eigenvalue weighted by molar-refractivity contribution is 4.61. The minimum atomic E-state index is 0.293. The summed E-state index contributed by atoms with van der Waals surface area (Å²) in [7, 11) is 0. The predicted molar refractivity (Wildman–Crippen MR) is 48.6 cm³/mol. The van der Waals surface area contributed by atoms with E-state index < -0.39 is 0 Å². The van der Waals surface area contributed by atoms with E-state index in [1.54, 1.807) is 0 Å². The van der Waals surface area contributed by atoms with E-state index in [1.165, 1.54) is 6.42 Å². The van der Waals surface area contributed by atoms with Gasteiger partial charge in [-0.1, -0.05) is 13.8 Å². The maximum absolute atomic E-state index is 8.52. The molecule has 0 rings (SSSR count). The Labute approximate surface area is 70.0 Å². The topological polar surface area (TPSA) is 32.3 Å². The number of hydrogen-bond acceptors (Lipinski definition) is 2. The van der Waals surface area contributed by atoms with E-state index in [0.29, 0.717) is 12.6 Å². The lowest BCUT2D eigenvalue weighted by Gasteiger charge is -2.15. The largest absolute Gasteiger partial charge is 0.396 e. The molecule has 2 nitrogen and oxygen atoms in total. The first-order valence-electron chi connectivity index (χ1n) is 4.51. The fourth-order valence-corrected chi connectivity index (χ4v) is 1.22. The van der Waals surface area contributed by atoms with Gasteiger partial charge in [-0.25, -0.2) is 0 Å². The Morgan fingerprint density at radius 2 is 1.91 bits per heavy atom. The molecule has 1 unspecified atom stereocenters. The summed E-state index contributed by atoms with van der Waals surface area (Å²) in [5.41, 5.74) is 0. The summed E-state index contributed by atoms with van der Waals surface area (Å²) >= 11 is 0. The molecule has 68 valence electrons. The van der Waals surface area contributed by atoms with Crippen molar-refractivity contribution in [1.29, 1.82) is 0 Å². The van der Waals surface area contributed by atoms with Gasteiger partial charge in [0.2, 0.25) is 0 Å². The van der Waals surface area contributed by atoms with E-state index in [4.69, 9.17) is 5.11 Å². The summed E-state index contributed by atoms with van der Waals surface area (Å²) < 4.78 is 0. The first-order valence-corrected chi connectivity index (χ1v) is 4.51. The van der Waals surface area contributed by atoms with Crippen LogP contribution in [0.2, 0.25) is 0 Å². The van der Waals surface area contributed by atoms with Gasteiger partial charge in [0.15, 0.2) is 0 Å². The zero-order chi connectivity index (χ0) is 8.69. The smallest absolute Gasteiger partial charge is 0.0443 e. The minimum Gasteiger partial charge on any atom is -0.396 e. The van der Waals surface area contributed by atoms with E-state index >= 15 is 0 Å². The highest BCUT2D eigenvalue weighted by Gasteiger charge is 2.02. The molecule has 2 heteroatoms. The van der Waals surface area contributed by atoms with Gasteiger partial charge in [0, 0.05) is 12.6 Å². The summed E-state index contributed by atoms with van der Waals surface area (Å²) in [6.45, 7) is 7.87. The molecular weight excluding hydrogens is 138 g/mol. The molecule has 0 heterocycles. The SMILES string of the molecule is CC(C)CC(C)NCCCO. The van der Waals surface area contributed by atoms with Gasteiger partial charge in [0.1, 0.15) is 0 Å². The molecule has 0 radical (unpaired) electrons. The zero-order valence-electron chi connectivity index (χ0n) is 7.93. The van der Waals surface area contributed by atoms with Gasteiger partial charge < -0.3 is 10.4 Å². The summed E-state index contributed by atoms with van der Waals surface area (Å²) in [6.07, 6.45) is 2.08. The van der Waals surface area contributed by atoms with Crippen molar-refractivity contribution in [1.82, 2.24) is 5.32 Å². The van der Waals surface area contributed by atoms with Crippen LogP contribution in [-0.2, 0) is 0 Å². The second kappa shape index (κ2) is 6.62. The van der Waals surface area contributed by atoms with Crippen molar-refractivity contribution in [3.05, 3.63) is 0 Å². The number of aliphatic hydroxyl groups is 1. The molecule has 0 amide bonds. The molecule has 0 saturated carbocycles. The molecule has 0 bridgehead atoms. The van der Waals surface area contributed by atoms with E-state index in [0.717, 1.165) is 18.9 Å². The number of hydrogen-bond donors (Lipinski definition) is 2. The van der Waals surface area contributed by atoms with Crippen LogP contribution in [0, 0.1) is 5.92 Å². The van der Waals surface area contributed by atoms with Crippen LogP contribution in [0.1, 0.15) is 33.6 Å². The van der Waals surface area contributed by atoms with Crippen LogP contribution in [0.3, 0.4) is 0 Å². The summed E-state index contributed by atoms with van der Waals surface area (Å²) in [5.74, 6) is 0.756. The molecule has 0 saturated heterocycles. The van der Waals surface area contributed by atoms with Gasteiger partial charge >= 0.3 is 0 Å². The van der Waals surface area contributed by atoms with E-state index in [1.807, 2.05) is 0 Å². The summed E-state index contributed by atoms with van der Waals surface area (Å²) in [4.78, 5) is 0. The maximum atomic E-state index is 8.52. The molecule has 0 aromatic heterocycles. The Morgan fingerprint density at radius 1 is 1.27 bits per heavy atom. The average Bonchev–Trinajstić information content (AvgIpc) is 1.86. The first-order chi connectivity index (χ1) is 5.16. The molecule has 0 aliphatic carbocycles. The number of nitrogens with one attached hydrogen (secondary N) is 1. The maximum Gasteiger partial charge on any atom is 0.0443 e. The summed E-state index contributed by atoms with van der Waals surface area (Å²) in [6, 6.07) is 0.585. The zero-order valence-corrected chi connectivity index (χ0v) is 7.93. The third-order valence-corrected chi connectivity index (χ3v) is 1.65. The average molecular weight is 159 g/mol. The molecule has 0 aromatic carbocycles. The Bertz CT molecular complexity index is 83.6. The van der Waals surface area contributed by atoms with Crippen LogP contribution in [0.4, 0.5) is 0 Å². The van der Waals surface area contributed by atoms with Crippen molar-refractivity contribution >= 4 is 0 Å². The van der Waals surface area contributed by atoms with Crippen molar-refractivity contribution in [3.8, 4) is 0 Å². The molecule has 0 spiro atoms. The highest BCUT2D eigenvalue weighted by atomic mass is 16.3. The quantitative estimate of drug-likeness (QED) is 0.574.